The maximum Gasteiger partial charge on any atom is 0.249 e. The Morgan fingerprint density at radius 3 is 2.96 bits per heavy atom. The molecular formula is C17H16NO3S2-. The molecule has 2 heterocycles. The van der Waals surface area contributed by atoms with E-state index in [1.807, 2.05) is 17.5 Å². The van der Waals surface area contributed by atoms with Crippen LogP contribution in [-0.4, -0.2) is 11.9 Å². The molecule has 3 rings (SSSR count). The second kappa shape index (κ2) is 6.68. The number of amides is 1. The number of carboxylic acid groups (broad SMARTS) is 1. The first-order chi connectivity index (χ1) is 11.0. The van der Waals surface area contributed by atoms with Gasteiger partial charge in [-0.3, -0.25) is 4.79 Å². The van der Waals surface area contributed by atoms with Crippen molar-refractivity contribution < 1.29 is 14.7 Å². The van der Waals surface area contributed by atoms with Crippen molar-refractivity contribution in [2.24, 2.45) is 5.92 Å². The number of hydrogen-bond donors (Lipinski definition) is 1. The van der Waals surface area contributed by atoms with Crippen LogP contribution in [0.5, 0.6) is 0 Å². The molecule has 2 aromatic heterocycles. The van der Waals surface area contributed by atoms with E-state index >= 15 is 0 Å². The lowest BCUT2D eigenvalue weighted by Gasteiger charge is -2.19. The lowest BCUT2D eigenvalue weighted by molar-refractivity contribution is -0.254. The minimum atomic E-state index is -1.21. The second-order valence-corrected chi connectivity index (χ2v) is 7.77. The van der Waals surface area contributed by atoms with E-state index in [9.17, 15) is 14.7 Å². The summed E-state index contributed by atoms with van der Waals surface area (Å²) in [6.07, 6.45) is 5.70. The fourth-order valence-corrected chi connectivity index (χ4v) is 4.77. The first-order valence-corrected chi connectivity index (χ1v) is 9.12. The average Bonchev–Trinajstić information content (AvgIpc) is 3.11. The van der Waals surface area contributed by atoms with Crippen LogP contribution in [0.25, 0.3) is 6.08 Å². The molecule has 120 valence electrons. The minimum absolute atomic E-state index is 0.162. The third kappa shape index (κ3) is 3.54. The Morgan fingerprint density at radius 2 is 2.26 bits per heavy atom. The fourth-order valence-electron chi connectivity index (χ4n) is 2.75. The SMILES string of the molecule is C[C@H]1CCc2c(sc(NC(=O)/C=C/c3cccs3)c2C(=O)[O-])C1. The lowest BCUT2D eigenvalue weighted by Crippen LogP contribution is -2.25. The monoisotopic (exact) mass is 346 g/mol. The highest BCUT2D eigenvalue weighted by molar-refractivity contribution is 7.17. The molecule has 6 heteroatoms. The van der Waals surface area contributed by atoms with E-state index in [1.165, 1.54) is 28.7 Å². The van der Waals surface area contributed by atoms with Crippen molar-refractivity contribution in [2.75, 3.05) is 5.32 Å². The van der Waals surface area contributed by atoms with Gasteiger partial charge in [-0.2, -0.15) is 0 Å². The van der Waals surface area contributed by atoms with E-state index in [2.05, 4.69) is 12.2 Å². The molecule has 0 saturated carbocycles. The van der Waals surface area contributed by atoms with Crippen molar-refractivity contribution in [2.45, 2.75) is 26.2 Å². The van der Waals surface area contributed by atoms with Crippen LogP contribution in [0.2, 0.25) is 0 Å². The zero-order chi connectivity index (χ0) is 16.4. The van der Waals surface area contributed by atoms with Gasteiger partial charge in [0, 0.05) is 21.4 Å². The van der Waals surface area contributed by atoms with Gasteiger partial charge in [-0.15, -0.1) is 22.7 Å². The Bertz CT molecular complexity index is 759. The fraction of sp³-hybridized carbons (Fsp3) is 0.294. The molecule has 0 saturated heterocycles. The molecule has 0 fully saturated rings. The Morgan fingerprint density at radius 1 is 1.43 bits per heavy atom. The summed E-state index contributed by atoms with van der Waals surface area (Å²) in [4.78, 5) is 25.6. The van der Waals surface area contributed by atoms with Crippen LogP contribution in [0, 0.1) is 5.92 Å². The van der Waals surface area contributed by atoms with Crippen molar-refractivity contribution in [1.29, 1.82) is 0 Å². The van der Waals surface area contributed by atoms with Gasteiger partial charge in [0.1, 0.15) is 5.00 Å². The first-order valence-electron chi connectivity index (χ1n) is 7.43. The number of hydrogen-bond acceptors (Lipinski definition) is 5. The van der Waals surface area contributed by atoms with E-state index in [4.69, 9.17) is 0 Å². The first kappa shape index (κ1) is 16.0. The number of carbonyl (C=O) groups is 2. The summed E-state index contributed by atoms with van der Waals surface area (Å²) < 4.78 is 0. The zero-order valence-corrected chi connectivity index (χ0v) is 14.3. The molecule has 2 aromatic rings. The molecule has 0 aromatic carbocycles. The van der Waals surface area contributed by atoms with Crippen LogP contribution in [0.4, 0.5) is 5.00 Å². The van der Waals surface area contributed by atoms with Crippen LogP contribution in [0.1, 0.15) is 39.0 Å². The predicted octanol–water partition coefficient (Wildman–Crippen LogP) is 2.95. The largest absolute Gasteiger partial charge is 0.545 e. The zero-order valence-electron chi connectivity index (χ0n) is 12.6. The van der Waals surface area contributed by atoms with Gasteiger partial charge >= 0.3 is 0 Å². The summed E-state index contributed by atoms with van der Waals surface area (Å²) in [7, 11) is 0. The topological polar surface area (TPSA) is 69.2 Å². The van der Waals surface area contributed by atoms with Gasteiger partial charge in [0.2, 0.25) is 5.91 Å². The smallest absolute Gasteiger partial charge is 0.249 e. The molecule has 0 aliphatic heterocycles. The van der Waals surface area contributed by atoms with E-state index in [1.54, 1.807) is 6.08 Å². The number of fused-ring (bicyclic) bond motifs is 1. The lowest BCUT2D eigenvalue weighted by atomic mass is 9.88. The van der Waals surface area contributed by atoms with Crippen molar-refractivity contribution in [3.05, 3.63) is 44.5 Å². The molecule has 23 heavy (non-hydrogen) atoms. The van der Waals surface area contributed by atoms with Crippen molar-refractivity contribution >= 4 is 45.6 Å². The maximum atomic E-state index is 12.1. The van der Waals surface area contributed by atoms with Gasteiger partial charge in [0.05, 0.1) is 5.97 Å². The van der Waals surface area contributed by atoms with Gasteiger partial charge in [-0.25, -0.2) is 0 Å². The summed E-state index contributed by atoms with van der Waals surface area (Å²) in [5.41, 5.74) is 1.00. The van der Waals surface area contributed by atoms with Crippen molar-refractivity contribution in [3.63, 3.8) is 0 Å². The van der Waals surface area contributed by atoms with Gasteiger partial charge in [0.25, 0.3) is 0 Å². The van der Waals surface area contributed by atoms with Gasteiger partial charge < -0.3 is 15.2 Å². The average molecular weight is 346 g/mol. The number of carbonyl (C=O) groups excluding carboxylic acids is 2. The van der Waals surface area contributed by atoms with Crippen LogP contribution in [0.3, 0.4) is 0 Å². The maximum absolute atomic E-state index is 12.1. The molecule has 1 aliphatic rings. The molecule has 4 nitrogen and oxygen atoms in total. The summed E-state index contributed by atoms with van der Waals surface area (Å²) in [5, 5.41) is 16.5. The molecule has 1 aliphatic carbocycles. The van der Waals surface area contributed by atoms with Gasteiger partial charge in [-0.05, 0) is 48.3 Å². The number of thiophene rings is 2. The molecule has 0 spiro atoms. The standard InChI is InChI=1S/C17H17NO3S2/c1-10-4-6-12-13(9-10)23-16(15(12)17(20)21)18-14(19)7-5-11-3-2-8-22-11/h2-3,5,7-8,10H,4,6,9H2,1H3,(H,18,19)(H,20,21)/p-1/b7-5+/t10-/m0/s1. The molecule has 1 atom stereocenters. The van der Waals surface area contributed by atoms with Crippen LogP contribution in [0.15, 0.2) is 23.6 Å². The quantitative estimate of drug-likeness (QED) is 0.866. The van der Waals surface area contributed by atoms with Crippen molar-refractivity contribution in [1.82, 2.24) is 0 Å². The van der Waals surface area contributed by atoms with Crippen LogP contribution < -0.4 is 10.4 Å². The molecule has 0 unspecified atom stereocenters. The predicted molar refractivity (Wildman–Crippen MR) is 91.8 cm³/mol. The van der Waals surface area contributed by atoms with Crippen LogP contribution >= 0.6 is 22.7 Å². The number of carboxylic acids is 1. The summed E-state index contributed by atoms with van der Waals surface area (Å²) in [6.45, 7) is 2.16. The normalized spacial score (nSPS) is 17.2. The van der Waals surface area contributed by atoms with Gasteiger partial charge in [-0.1, -0.05) is 13.0 Å². The molecular weight excluding hydrogens is 330 g/mol. The number of aromatic carboxylic acids is 1. The highest BCUT2D eigenvalue weighted by Crippen LogP contribution is 2.39. The molecule has 0 radical (unpaired) electrons. The summed E-state index contributed by atoms with van der Waals surface area (Å²) >= 11 is 2.89. The summed E-state index contributed by atoms with van der Waals surface area (Å²) in [6, 6.07) is 3.82. The van der Waals surface area contributed by atoms with Crippen LogP contribution in [-0.2, 0) is 17.6 Å². The Hall–Kier alpha value is -1.92. The van der Waals surface area contributed by atoms with E-state index < -0.39 is 5.97 Å². The second-order valence-electron chi connectivity index (χ2n) is 5.68. The number of rotatable bonds is 4. The number of anilines is 1. The Kier molecular flexibility index (Phi) is 4.63. The molecule has 1 amide bonds. The van der Waals surface area contributed by atoms with E-state index in [0.717, 1.165) is 34.6 Å². The Labute approximate surface area is 142 Å². The third-order valence-electron chi connectivity index (χ3n) is 3.89. The highest BCUT2D eigenvalue weighted by atomic mass is 32.1. The number of nitrogens with one attached hydrogen (secondary N) is 1. The van der Waals surface area contributed by atoms with Gasteiger partial charge in [0.15, 0.2) is 0 Å². The minimum Gasteiger partial charge on any atom is -0.545 e. The summed E-state index contributed by atoms with van der Waals surface area (Å²) in [5.74, 6) is -1.000. The molecule has 1 N–H and O–H groups in total. The molecule has 0 bridgehead atoms. The highest BCUT2D eigenvalue weighted by Gasteiger charge is 2.24. The van der Waals surface area contributed by atoms with Crippen molar-refractivity contribution in [3.8, 4) is 0 Å². The van der Waals surface area contributed by atoms with E-state index in [0.29, 0.717) is 10.9 Å². The van der Waals surface area contributed by atoms with E-state index in [-0.39, 0.29) is 11.5 Å². The third-order valence-corrected chi connectivity index (χ3v) is 5.90. The Balaban J connectivity index is 1.82.